The Kier molecular flexibility index (Phi) is 3.87. The molecule has 1 heterocycles. The number of benzene rings is 1. The summed E-state index contributed by atoms with van der Waals surface area (Å²) in [7, 11) is 1.53. The first kappa shape index (κ1) is 13.6. The van der Waals surface area contributed by atoms with E-state index in [0.29, 0.717) is 24.3 Å². The van der Waals surface area contributed by atoms with Gasteiger partial charge in [0.25, 0.3) is 0 Å². The minimum Gasteiger partial charge on any atom is -0.496 e. The third-order valence-electron chi connectivity index (χ3n) is 3.58. The van der Waals surface area contributed by atoms with Crippen LogP contribution in [0.4, 0.5) is 0 Å². The predicted molar refractivity (Wildman–Crippen MR) is 69.9 cm³/mol. The Labute approximate surface area is 112 Å². The number of rotatable bonds is 4. The Bertz CT molecular complexity index is 512. The van der Waals surface area contributed by atoms with Crippen LogP contribution in [0.1, 0.15) is 31.2 Å². The number of nitriles is 1. The van der Waals surface area contributed by atoms with E-state index in [4.69, 9.17) is 9.47 Å². The van der Waals surface area contributed by atoms with E-state index < -0.39 is 11.5 Å². The summed E-state index contributed by atoms with van der Waals surface area (Å²) >= 11 is 0. The third-order valence-corrected chi connectivity index (χ3v) is 3.58. The average molecular weight is 259 g/mol. The van der Waals surface area contributed by atoms with Crippen LogP contribution in [0.2, 0.25) is 0 Å². The van der Waals surface area contributed by atoms with Gasteiger partial charge in [-0.15, -0.1) is 0 Å². The number of para-hydroxylation sites is 1. The first-order valence-corrected chi connectivity index (χ1v) is 6.33. The molecule has 0 bridgehead atoms. The molecule has 0 saturated carbocycles. The summed E-state index contributed by atoms with van der Waals surface area (Å²) in [6.45, 7) is 2.34. The monoisotopic (exact) mass is 259 g/mol. The molecule has 100 valence electrons. The van der Waals surface area contributed by atoms with Crippen LogP contribution in [0.25, 0.3) is 0 Å². The lowest BCUT2D eigenvalue weighted by Crippen LogP contribution is -2.38. The number of carbonyl (C=O) groups is 1. The summed E-state index contributed by atoms with van der Waals surface area (Å²) in [4.78, 5) is 12.6. The van der Waals surface area contributed by atoms with Gasteiger partial charge in [0.15, 0.2) is 5.78 Å². The van der Waals surface area contributed by atoms with E-state index in [1.165, 1.54) is 7.11 Å². The Morgan fingerprint density at radius 3 is 2.84 bits per heavy atom. The zero-order valence-corrected chi connectivity index (χ0v) is 11.2. The maximum absolute atomic E-state index is 12.6. The highest BCUT2D eigenvalue weighted by molar-refractivity contribution is 5.95. The lowest BCUT2D eigenvalue weighted by Gasteiger charge is -2.24. The largest absolute Gasteiger partial charge is 0.496 e. The number of hydrogen-bond donors (Lipinski definition) is 0. The number of hydrogen-bond acceptors (Lipinski definition) is 4. The van der Waals surface area contributed by atoms with E-state index in [2.05, 4.69) is 6.07 Å². The van der Waals surface area contributed by atoms with Crippen LogP contribution in [-0.4, -0.2) is 25.1 Å². The molecule has 2 atom stereocenters. The van der Waals surface area contributed by atoms with E-state index in [-0.39, 0.29) is 5.78 Å². The van der Waals surface area contributed by atoms with Crippen LogP contribution >= 0.6 is 0 Å². The molecule has 4 heteroatoms. The number of ketones is 1. The molecule has 1 saturated heterocycles. The second kappa shape index (κ2) is 5.41. The second-order valence-corrected chi connectivity index (χ2v) is 4.85. The fourth-order valence-corrected chi connectivity index (χ4v) is 2.45. The SMILES string of the molecule is COc1ccccc1C(C#N)C(=O)C1(C)CCCO1. The summed E-state index contributed by atoms with van der Waals surface area (Å²) in [5.74, 6) is -0.472. The third kappa shape index (κ3) is 2.47. The fourth-order valence-electron chi connectivity index (χ4n) is 2.45. The van der Waals surface area contributed by atoms with E-state index in [1.807, 2.05) is 6.07 Å². The Hall–Kier alpha value is -1.86. The Balaban J connectivity index is 2.35. The van der Waals surface area contributed by atoms with Gasteiger partial charge in [-0.3, -0.25) is 4.79 Å². The smallest absolute Gasteiger partial charge is 0.185 e. The van der Waals surface area contributed by atoms with Crippen LogP contribution in [0.5, 0.6) is 5.75 Å². The minimum atomic E-state index is -0.848. The highest BCUT2D eigenvalue weighted by atomic mass is 16.5. The van der Waals surface area contributed by atoms with Crippen LogP contribution in [0.15, 0.2) is 24.3 Å². The lowest BCUT2D eigenvalue weighted by molar-refractivity contribution is -0.137. The van der Waals surface area contributed by atoms with Gasteiger partial charge in [-0.05, 0) is 25.8 Å². The van der Waals surface area contributed by atoms with E-state index in [1.54, 1.807) is 25.1 Å². The van der Waals surface area contributed by atoms with Gasteiger partial charge in [-0.1, -0.05) is 18.2 Å². The molecule has 2 unspecified atom stereocenters. The number of methoxy groups -OCH3 is 1. The summed E-state index contributed by atoms with van der Waals surface area (Å²) in [5, 5.41) is 9.36. The molecule has 4 nitrogen and oxygen atoms in total. The molecule has 1 aliphatic rings. The van der Waals surface area contributed by atoms with Gasteiger partial charge < -0.3 is 9.47 Å². The van der Waals surface area contributed by atoms with Crippen molar-refractivity contribution < 1.29 is 14.3 Å². The molecule has 0 amide bonds. The van der Waals surface area contributed by atoms with Gasteiger partial charge in [-0.25, -0.2) is 0 Å². The van der Waals surface area contributed by atoms with Crippen LogP contribution in [-0.2, 0) is 9.53 Å². The molecule has 0 spiro atoms. The molecule has 1 aromatic carbocycles. The molecule has 0 aliphatic carbocycles. The number of Topliss-reactive ketones (excluding diaryl/α,β-unsaturated/α-hetero) is 1. The maximum Gasteiger partial charge on any atom is 0.185 e. The van der Waals surface area contributed by atoms with Gasteiger partial charge in [0, 0.05) is 12.2 Å². The number of nitrogens with zero attached hydrogens (tertiary/aromatic N) is 1. The van der Waals surface area contributed by atoms with Gasteiger partial charge in [0.1, 0.15) is 17.3 Å². The highest BCUT2D eigenvalue weighted by Crippen LogP contribution is 2.35. The summed E-state index contributed by atoms with van der Waals surface area (Å²) in [6.07, 6.45) is 1.52. The summed E-state index contributed by atoms with van der Waals surface area (Å²) < 4.78 is 10.8. The van der Waals surface area contributed by atoms with E-state index in [0.717, 1.165) is 6.42 Å². The molecule has 0 radical (unpaired) electrons. The van der Waals surface area contributed by atoms with Crippen LogP contribution in [0.3, 0.4) is 0 Å². The Morgan fingerprint density at radius 1 is 1.53 bits per heavy atom. The molecule has 1 fully saturated rings. The van der Waals surface area contributed by atoms with Crippen LogP contribution < -0.4 is 4.74 Å². The average Bonchev–Trinajstić information content (AvgIpc) is 2.88. The zero-order chi connectivity index (χ0) is 13.9. The van der Waals surface area contributed by atoms with Crippen molar-refractivity contribution in [2.24, 2.45) is 0 Å². The topological polar surface area (TPSA) is 59.3 Å². The first-order chi connectivity index (χ1) is 9.12. The normalized spacial score (nSPS) is 23.6. The lowest BCUT2D eigenvalue weighted by atomic mass is 9.84. The van der Waals surface area contributed by atoms with Crippen molar-refractivity contribution in [2.75, 3.05) is 13.7 Å². The molecule has 1 aromatic rings. The molecule has 0 aromatic heterocycles. The molecule has 1 aliphatic heterocycles. The van der Waals surface area contributed by atoms with Gasteiger partial charge in [0.05, 0.1) is 13.2 Å². The van der Waals surface area contributed by atoms with E-state index >= 15 is 0 Å². The molecular weight excluding hydrogens is 242 g/mol. The number of ether oxygens (including phenoxy) is 2. The standard InChI is InChI=1S/C15H17NO3/c1-15(8-5-9-19-15)14(17)12(10-16)11-6-3-4-7-13(11)18-2/h3-4,6-7,12H,5,8-9H2,1-2H3. The van der Waals surface area contributed by atoms with Crippen molar-refractivity contribution in [1.29, 1.82) is 5.26 Å². The predicted octanol–water partition coefficient (Wildman–Crippen LogP) is 2.44. The molecule has 0 N–H and O–H groups in total. The molecule has 2 rings (SSSR count). The van der Waals surface area contributed by atoms with Crippen molar-refractivity contribution in [1.82, 2.24) is 0 Å². The zero-order valence-electron chi connectivity index (χ0n) is 11.2. The second-order valence-electron chi connectivity index (χ2n) is 4.85. The van der Waals surface area contributed by atoms with Crippen LogP contribution in [0, 0.1) is 11.3 Å². The van der Waals surface area contributed by atoms with Gasteiger partial charge in [-0.2, -0.15) is 5.26 Å². The summed E-state index contributed by atoms with van der Waals surface area (Å²) in [5.41, 5.74) is -0.240. The van der Waals surface area contributed by atoms with Crippen molar-refractivity contribution in [3.05, 3.63) is 29.8 Å². The van der Waals surface area contributed by atoms with Crippen molar-refractivity contribution in [3.8, 4) is 11.8 Å². The van der Waals surface area contributed by atoms with Crippen molar-refractivity contribution in [3.63, 3.8) is 0 Å². The van der Waals surface area contributed by atoms with E-state index in [9.17, 15) is 10.1 Å². The quantitative estimate of drug-likeness (QED) is 0.833. The van der Waals surface area contributed by atoms with Crippen molar-refractivity contribution in [2.45, 2.75) is 31.3 Å². The fraction of sp³-hybridized carbons (Fsp3) is 0.467. The molecule has 19 heavy (non-hydrogen) atoms. The van der Waals surface area contributed by atoms with Crippen molar-refractivity contribution >= 4 is 5.78 Å². The van der Waals surface area contributed by atoms with Gasteiger partial charge in [0.2, 0.25) is 0 Å². The van der Waals surface area contributed by atoms with Gasteiger partial charge >= 0.3 is 0 Å². The summed E-state index contributed by atoms with van der Waals surface area (Å²) in [6, 6.07) is 9.21. The first-order valence-electron chi connectivity index (χ1n) is 6.33. The maximum atomic E-state index is 12.6. The minimum absolute atomic E-state index is 0.183. The molecular formula is C15H17NO3. The number of carbonyl (C=O) groups excluding carboxylic acids is 1. The highest BCUT2D eigenvalue weighted by Gasteiger charge is 2.42. The Morgan fingerprint density at radius 2 is 2.26 bits per heavy atom.